The first-order valence-corrected chi connectivity index (χ1v) is 8.63. The third-order valence-electron chi connectivity index (χ3n) is 5.82. The van der Waals surface area contributed by atoms with E-state index < -0.39 is 6.09 Å². The molecule has 3 aliphatic heterocycles. The van der Waals surface area contributed by atoms with Crippen LogP contribution in [-0.2, 0) is 14.2 Å². The van der Waals surface area contributed by atoms with Crippen molar-refractivity contribution in [2.24, 2.45) is 0 Å². The van der Waals surface area contributed by atoms with Crippen molar-refractivity contribution in [2.45, 2.75) is 43.7 Å². The Morgan fingerprint density at radius 2 is 1.76 bits per heavy atom. The second kappa shape index (κ2) is 5.59. The quantitative estimate of drug-likeness (QED) is 0.853. The molecule has 1 amide bonds. The topological polar surface area (TPSA) is 70.5 Å². The summed E-state index contributed by atoms with van der Waals surface area (Å²) in [6.07, 6.45) is 1.44. The van der Waals surface area contributed by atoms with Crippen LogP contribution in [0.4, 0.5) is 10.5 Å². The first-order chi connectivity index (χ1) is 11.9. The molecule has 0 unspecified atom stereocenters. The lowest BCUT2D eigenvalue weighted by atomic mass is 10.0. The first kappa shape index (κ1) is 16.6. The average Bonchev–Trinajstić information content (AvgIpc) is 3.18. The Morgan fingerprint density at radius 3 is 2.32 bits per heavy atom. The minimum Gasteiger partial charge on any atom is -0.497 e. The van der Waals surface area contributed by atoms with Crippen LogP contribution in [0.5, 0.6) is 5.75 Å². The van der Waals surface area contributed by atoms with E-state index in [0.29, 0.717) is 18.9 Å². The summed E-state index contributed by atoms with van der Waals surface area (Å²) >= 11 is 0. The van der Waals surface area contributed by atoms with Crippen molar-refractivity contribution >= 4 is 11.8 Å². The van der Waals surface area contributed by atoms with Crippen molar-refractivity contribution in [1.82, 2.24) is 0 Å². The molecule has 4 rings (SSSR count). The molecule has 2 N–H and O–H groups in total. The van der Waals surface area contributed by atoms with Gasteiger partial charge >= 0.3 is 6.09 Å². The number of ether oxygens (including phenoxy) is 4. The van der Waals surface area contributed by atoms with Crippen LogP contribution in [-0.4, -0.2) is 50.0 Å². The number of rotatable bonds is 4. The Kier molecular flexibility index (Phi) is 3.72. The summed E-state index contributed by atoms with van der Waals surface area (Å²) < 4.78 is 22.9. The van der Waals surface area contributed by atoms with Crippen molar-refractivity contribution in [3.63, 3.8) is 0 Å². The van der Waals surface area contributed by atoms with E-state index in [4.69, 9.17) is 18.9 Å². The third-order valence-corrected chi connectivity index (χ3v) is 5.82. The number of hydrogen-bond donors (Lipinski definition) is 2. The highest BCUT2D eigenvalue weighted by Crippen LogP contribution is 2.39. The third kappa shape index (κ3) is 2.58. The van der Waals surface area contributed by atoms with Crippen molar-refractivity contribution in [1.29, 1.82) is 0 Å². The fraction of sp³-hybridized carbons (Fsp3) is 0.611. The average molecular weight is 349 g/mol. The molecule has 3 saturated heterocycles. The number of methoxy groups -OCH3 is 1. The lowest BCUT2D eigenvalue weighted by Gasteiger charge is -2.34. The van der Waals surface area contributed by atoms with Crippen molar-refractivity contribution < 1.29 is 28.6 Å². The molecule has 0 radical (unpaired) electrons. The molecule has 3 fully saturated rings. The molecule has 0 aromatic heterocycles. The van der Waals surface area contributed by atoms with Crippen molar-refractivity contribution in [3.8, 4) is 5.75 Å². The summed E-state index contributed by atoms with van der Waals surface area (Å²) in [6, 6.07) is 7.12. The minimum atomic E-state index is -0.472. The first-order valence-electron chi connectivity index (χ1n) is 8.63. The Labute approximate surface area is 147 Å². The lowest BCUT2D eigenvalue weighted by Crippen LogP contribution is -3.27. The maximum absolute atomic E-state index is 12.2. The van der Waals surface area contributed by atoms with E-state index in [1.54, 1.807) is 31.4 Å². The number of anilines is 1. The molecular weight excluding hydrogens is 324 g/mol. The van der Waals surface area contributed by atoms with Crippen LogP contribution in [0.1, 0.15) is 26.7 Å². The number of carbonyl (C=O) groups is 1. The summed E-state index contributed by atoms with van der Waals surface area (Å²) in [7, 11) is 1.60. The zero-order valence-corrected chi connectivity index (χ0v) is 14.9. The van der Waals surface area contributed by atoms with E-state index in [1.807, 2.05) is 0 Å². The zero-order valence-electron chi connectivity index (χ0n) is 14.9. The van der Waals surface area contributed by atoms with E-state index in [9.17, 15) is 4.79 Å². The van der Waals surface area contributed by atoms with E-state index in [1.165, 1.54) is 4.90 Å². The van der Waals surface area contributed by atoms with Gasteiger partial charge in [-0.15, -0.1) is 0 Å². The molecule has 1 aromatic rings. The monoisotopic (exact) mass is 349 g/mol. The maximum Gasteiger partial charge on any atom is 0.411 e. The molecule has 0 saturated carbocycles. The highest BCUT2D eigenvalue weighted by Gasteiger charge is 2.74. The number of amides is 1. The summed E-state index contributed by atoms with van der Waals surface area (Å²) in [4.78, 5) is 13.5. The van der Waals surface area contributed by atoms with Crippen LogP contribution < -0.4 is 15.0 Å². The summed E-state index contributed by atoms with van der Waals surface area (Å²) in [6.45, 7) is 5.62. The van der Waals surface area contributed by atoms with Crippen LogP contribution in [0, 0.1) is 0 Å². The standard InChI is InChI=1S/C18H24N2O5/c1-16-8-9-17(2)20(16)18(11-24-16,12-25-17)10-23-15(21)19-13-4-6-14(22-3)7-5-13/h4-7H,8-12H2,1-3H3,(H,19,21)/p+1/t16-,17-/m0/s1. The minimum absolute atomic E-state index is 0.249. The number of nitrogens with one attached hydrogen (secondary N) is 2. The Balaban J connectivity index is 1.40. The smallest absolute Gasteiger partial charge is 0.411 e. The fourth-order valence-electron chi connectivity index (χ4n) is 4.67. The van der Waals surface area contributed by atoms with E-state index in [-0.39, 0.29) is 23.6 Å². The summed E-state index contributed by atoms with van der Waals surface area (Å²) in [5.41, 5.74) is -0.156. The van der Waals surface area contributed by atoms with Gasteiger partial charge in [0.2, 0.25) is 11.4 Å². The van der Waals surface area contributed by atoms with E-state index in [0.717, 1.165) is 18.6 Å². The molecule has 3 heterocycles. The normalized spacial score (nSPS) is 38.4. The van der Waals surface area contributed by atoms with Crippen molar-refractivity contribution in [2.75, 3.05) is 32.2 Å². The highest BCUT2D eigenvalue weighted by atomic mass is 16.6. The Bertz CT molecular complexity index is 657. The summed E-state index contributed by atoms with van der Waals surface area (Å²) in [5.74, 6) is 0.736. The van der Waals surface area contributed by atoms with Crippen molar-refractivity contribution in [3.05, 3.63) is 24.3 Å². The SMILES string of the molecule is COc1ccc(NC(=O)OCC23CO[C@@]4(C)CC[C@](C)(OC2)[NH+]34)cc1. The predicted octanol–water partition coefficient (Wildman–Crippen LogP) is 1.15. The number of hydrogen-bond acceptors (Lipinski definition) is 5. The van der Waals surface area contributed by atoms with Crippen LogP contribution in [0.3, 0.4) is 0 Å². The van der Waals surface area contributed by atoms with Crippen LogP contribution in [0.2, 0.25) is 0 Å². The molecule has 7 nitrogen and oxygen atoms in total. The Morgan fingerprint density at radius 1 is 1.16 bits per heavy atom. The molecule has 7 heteroatoms. The van der Waals surface area contributed by atoms with Gasteiger partial charge in [-0.25, -0.2) is 4.79 Å². The molecule has 0 aliphatic carbocycles. The van der Waals surface area contributed by atoms with Gasteiger partial charge in [-0.05, 0) is 24.3 Å². The number of carbonyl (C=O) groups excluding carboxylic acids is 1. The second-order valence-corrected chi connectivity index (χ2v) is 7.62. The Hall–Kier alpha value is -1.83. The second-order valence-electron chi connectivity index (χ2n) is 7.62. The van der Waals surface area contributed by atoms with Gasteiger partial charge in [-0.3, -0.25) is 10.2 Å². The van der Waals surface area contributed by atoms with Gasteiger partial charge in [-0.1, -0.05) is 0 Å². The van der Waals surface area contributed by atoms with Gasteiger partial charge in [-0.2, -0.15) is 0 Å². The molecule has 0 spiro atoms. The van der Waals surface area contributed by atoms with E-state index >= 15 is 0 Å². The maximum atomic E-state index is 12.2. The summed E-state index contributed by atoms with van der Waals surface area (Å²) in [5, 5.41) is 2.74. The van der Waals surface area contributed by atoms with Crippen LogP contribution in [0.15, 0.2) is 24.3 Å². The van der Waals surface area contributed by atoms with Gasteiger partial charge in [0.15, 0.2) is 12.1 Å². The van der Waals surface area contributed by atoms with Gasteiger partial charge in [0.1, 0.15) is 19.0 Å². The van der Waals surface area contributed by atoms with Gasteiger partial charge < -0.3 is 18.9 Å². The number of quaternary nitrogens is 1. The van der Waals surface area contributed by atoms with Gasteiger partial charge in [0.05, 0.1) is 7.11 Å². The van der Waals surface area contributed by atoms with Crippen LogP contribution >= 0.6 is 0 Å². The van der Waals surface area contributed by atoms with Gasteiger partial charge in [0.25, 0.3) is 0 Å². The number of benzene rings is 1. The van der Waals surface area contributed by atoms with Crippen LogP contribution in [0.25, 0.3) is 0 Å². The van der Waals surface area contributed by atoms with E-state index in [2.05, 4.69) is 19.2 Å². The zero-order chi connectivity index (χ0) is 17.7. The largest absolute Gasteiger partial charge is 0.497 e. The highest BCUT2D eigenvalue weighted by molar-refractivity contribution is 5.84. The molecule has 1 aromatic carbocycles. The molecule has 3 aliphatic rings. The molecule has 25 heavy (non-hydrogen) atoms. The molecule has 0 bridgehead atoms. The van der Waals surface area contributed by atoms with Gasteiger partial charge in [0, 0.05) is 32.4 Å². The predicted molar refractivity (Wildman–Crippen MR) is 89.6 cm³/mol. The molecule has 2 atom stereocenters. The molecule has 136 valence electrons. The lowest BCUT2D eigenvalue weighted by molar-refractivity contribution is -1.02. The molecular formula is C18H25N2O5+. The fourth-order valence-corrected chi connectivity index (χ4v) is 4.67.